The second-order valence-corrected chi connectivity index (χ2v) is 7.05. The summed E-state index contributed by atoms with van der Waals surface area (Å²) in [4.78, 5) is 23.9. The van der Waals surface area contributed by atoms with Gasteiger partial charge in [0.2, 0.25) is 0 Å². The molecule has 1 amide bonds. The number of amides is 1. The zero-order valence-electron chi connectivity index (χ0n) is 15.7. The number of benzene rings is 2. The number of carbonyl (C=O) groups is 2. The van der Waals surface area contributed by atoms with E-state index in [9.17, 15) is 19.8 Å². The molecule has 0 bridgehead atoms. The van der Waals surface area contributed by atoms with E-state index >= 15 is 0 Å². The molecule has 0 heterocycles. The van der Waals surface area contributed by atoms with Crippen LogP contribution in [-0.2, 0) is 10.2 Å². The van der Waals surface area contributed by atoms with Gasteiger partial charge in [-0.1, -0.05) is 50.8 Å². The topological polar surface area (TPSA) is 98.7 Å². The molecule has 0 saturated heterocycles. The molecule has 2 aromatic carbocycles. The molecule has 2 rings (SSSR count). The molecule has 0 aliphatic heterocycles. The van der Waals surface area contributed by atoms with Gasteiger partial charge in [-0.2, -0.15) is 0 Å². The molecule has 142 valence electrons. The Kier molecular flexibility index (Phi) is 5.90. The van der Waals surface area contributed by atoms with Crippen molar-refractivity contribution in [3.63, 3.8) is 0 Å². The van der Waals surface area contributed by atoms with Crippen molar-refractivity contribution in [2.24, 2.45) is 0 Å². The Morgan fingerprint density at radius 2 is 1.74 bits per heavy atom. The molecule has 27 heavy (non-hydrogen) atoms. The molecule has 0 aliphatic carbocycles. The number of carbonyl (C=O) groups excluding carboxylic acids is 1. The van der Waals surface area contributed by atoms with Crippen molar-refractivity contribution in [1.82, 2.24) is 5.32 Å². The molecule has 0 spiro atoms. The normalized spacial score (nSPS) is 11.8. The fourth-order valence-electron chi connectivity index (χ4n) is 2.41. The number of carboxylic acid groups (broad SMARTS) is 1. The van der Waals surface area contributed by atoms with Crippen LogP contribution >= 0.6 is 0 Å². The predicted octanol–water partition coefficient (Wildman–Crippen LogP) is 2.92. The van der Waals surface area contributed by atoms with Gasteiger partial charge in [-0.25, -0.2) is 4.79 Å². The smallest absolute Gasteiger partial charge is 0.352 e. The molecule has 2 aromatic rings. The van der Waals surface area contributed by atoms with Gasteiger partial charge in [0.05, 0.1) is 7.11 Å². The van der Waals surface area contributed by atoms with E-state index in [1.807, 2.05) is 12.1 Å². The van der Waals surface area contributed by atoms with Crippen LogP contribution in [0.1, 0.15) is 42.3 Å². The first kappa shape index (κ1) is 20.0. The van der Waals surface area contributed by atoms with E-state index in [0.29, 0.717) is 11.1 Å². The maximum absolute atomic E-state index is 12.4. The Labute approximate surface area is 158 Å². The summed E-state index contributed by atoms with van der Waals surface area (Å²) in [5, 5.41) is 23.3. The third-order valence-corrected chi connectivity index (χ3v) is 3.99. The monoisotopic (exact) mass is 368 g/mol. The summed E-state index contributed by atoms with van der Waals surface area (Å²) in [5.41, 5.74) is 1.49. The SMILES string of the molecule is COc1cc(/C=C(/NC(=O)c2ccc(C(C)(C)C)cc2)C(=O)O)ccc1[O-]. The van der Waals surface area contributed by atoms with Gasteiger partial charge in [0.1, 0.15) is 11.4 Å². The molecule has 2 N–H and O–H groups in total. The molecule has 6 nitrogen and oxygen atoms in total. The lowest BCUT2D eigenvalue weighted by molar-refractivity contribution is -0.270. The summed E-state index contributed by atoms with van der Waals surface area (Å²) >= 11 is 0. The average Bonchev–Trinajstić information content (AvgIpc) is 2.61. The van der Waals surface area contributed by atoms with Crippen LogP contribution in [-0.4, -0.2) is 24.1 Å². The molecule has 0 atom stereocenters. The van der Waals surface area contributed by atoms with Gasteiger partial charge >= 0.3 is 5.97 Å². The van der Waals surface area contributed by atoms with E-state index in [1.54, 1.807) is 12.1 Å². The standard InChI is InChI=1S/C21H23NO5/c1-21(2,3)15-8-6-14(7-9-15)19(24)22-16(20(25)26)11-13-5-10-17(23)18(12-13)27-4/h5-12,23H,1-4H3,(H,22,24)(H,25,26)/p-1/b16-11+. The number of aliphatic carboxylic acids is 1. The highest BCUT2D eigenvalue weighted by atomic mass is 16.5. The van der Waals surface area contributed by atoms with Gasteiger partial charge in [0.25, 0.3) is 5.91 Å². The lowest BCUT2D eigenvalue weighted by Crippen LogP contribution is -2.27. The van der Waals surface area contributed by atoms with Crippen LogP contribution < -0.4 is 15.2 Å². The van der Waals surface area contributed by atoms with Gasteiger partial charge in [0, 0.05) is 5.56 Å². The number of carboxylic acids is 1. The van der Waals surface area contributed by atoms with Gasteiger partial charge < -0.3 is 20.3 Å². The number of methoxy groups -OCH3 is 1. The molecule has 0 saturated carbocycles. The van der Waals surface area contributed by atoms with E-state index < -0.39 is 11.9 Å². The second kappa shape index (κ2) is 7.95. The van der Waals surface area contributed by atoms with E-state index in [1.165, 1.54) is 31.4 Å². The third kappa shape index (κ3) is 5.10. The minimum atomic E-state index is -1.29. The van der Waals surface area contributed by atoms with Crippen molar-refractivity contribution in [3.05, 3.63) is 64.9 Å². The van der Waals surface area contributed by atoms with E-state index in [4.69, 9.17) is 4.74 Å². The van der Waals surface area contributed by atoms with E-state index in [0.717, 1.165) is 5.56 Å². The first-order valence-corrected chi connectivity index (χ1v) is 8.34. The molecule has 0 fully saturated rings. The molecule has 0 unspecified atom stereocenters. The van der Waals surface area contributed by atoms with E-state index in [-0.39, 0.29) is 22.6 Å². The van der Waals surface area contributed by atoms with Gasteiger partial charge in [-0.05, 0) is 40.8 Å². The molecule has 6 heteroatoms. The Balaban J connectivity index is 2.25. The highest BCUT2D eigenvalue weighted by Gasteiger charge is 2.16. The van der Waals surface area contributed by atoms with Gasteiger partial charge in [-0.15, -0.1) is 0 Å². The molecule has 0 aliphatic rings. The van der Waals surface area contributed by atoms with Gasteiger partial charge in [0.15, 0.2) is 0 Å². The van der Waals surface area contributed by atoms with Crippen LogP contribution in [0.15, 0.2) is 48.2 Å². The number of hydrogen-bond donors (Lipinski definition) is 2. The molecular formula is C21H22NO5-. The zero-order valence-corrected chi connectivity index (χ0v) is 15.7. The summed E-state index contributed by atoms with van der Waals surface area (Å²) in [6.07, 6.45) is 1.27. The van der Waals surface area contributed by atoms with Crippen molar-refractivity contribution in [1.29, 1.82) is 0 Å². The van der Waals surface area contributed by atoms with Crippen LogP contribution in [0, 0.1) is 0 Å². The summed E-state index contributed by atoms with van der Waals surface area (Å²) in [6.45, 7) is 6.19. The minimum Gasteiger partial charge on any atom is -0.870 e. The second-order valence-electron chi connectivity index (χ2n) is 7.05. The molecule has 0 radical (unpaired) electrons. The Hall–Kier alpha value is -3.28. The third-order valence-electron chi connectivity index (χ3n) is 3.99. The summed E-state index contributed by atoms with van der Waals surface area (Å²) in [7, 11) is 1.35. The Bertz CT molecular complexity index is 876. The predicted molar refractivity (Wildman–Crippen MR) is 101 cm³/mol. The number of nitrogens with one attached hydrogen (secondary N) is 1. The highest BCUT2D eigenvalue weighted by Crippen LogP contribution is 2.25. The first-order valence-electron chi connectivity index (χ1n) is 8.34. The molecular weight excluding hydrogens is 346 g/mol. The fraction of sp³-hybridized carbons (Fsp3) is 0.238. The van der Waals surface area contributed by atoms with Crippen LogP contribution in [0.3, 0.4) is 0 Å². The van der Waals surface area contributed by atoms with Crippen LogP contribution in [0.4, 0.5) is 0 Å². The van der Waals surface area contributed by atoms with Gasteiger partial charge in [-0.3, -0.25) is 4.79 Å². The highest BCUT2D eigenvalue weighted by molar-refractivity contribution is 6.02. The number of ether oxygens (including phenoxy) is 1. The zero-order chi connectivity index (χ0) is 20.2. The van der Waals surface area contributed by atoms with Crippen molar-refractivity contribution in [2.45, 2.75) is 26.2 Å². The van der Waals surface area contributed by atoms with Crippen molar-refractivity contribution in [3.8, 4) is 11.5 Å². The van der Waals surface area contributed by atoms with Crippen molar-refractivity contribution in [2.75, 3.05) is 7.11 Å². The van der Waals surface area contributed by atoms with Crippen LogP contribution in [0.5, 0.6) is 11.5 Å². The summed E-state index contributed by atoms with van der Waals surface area (Å²) in [5.74, 6) is -2.04. The number of hydrogen-bond acceptors (Lipinski definition) is 4. The number of rotatable bonds is 5. The maximum Gasteiger partial charge on any atom is 0.352 e. The Morgan fingerprint density at radius 3 is 2.26 bits per heavy atom. The Morgan fingerprint density at radius 1 is 1.11 bits per heavy atom. The fourth-order valence-corrected chi connectivity index (χ4v) is 2.41. The first-order chi connectivity index (χ1) is 12.6. The minimum absolute atomic E-state index is 0.0477. The van der Waals surface area contributed by atoms with Crippen molar-refractivity contribution < 1.29 is 24.5 Å². The lowest BCUT2D eigenvalue weighted by Gasteiger charge is -2.19. The quantitative estimate of drug-likeness (QED) is 0.791. The average molecular weight is 368 g/mol. The summed E-state index contributed by atoms with van der Waals surface area (Å²) in [6, 6.07) is 11.1. The maximum atomic E-state index is 12.4. The van der Waals surface area contributed by atoms with Crippen LogP contribution in [0.2, 0.25) is 0 Å². The lowest BCUT2D eigenvalue weighted by atomic mass is 9.87. The van der Waals surface area contributed by atoms with Crippen LogP contribution in [0.25, 0.3) is 6.08 Å². The largest absolute Gasteiger partial charge is 0.870 e. The van der Waals surface area contributed by atoms with Crippen molar-refractivity contribution >= 4 is 18.0 Å². The summed E-state index contributed by atoms with van der Waals surface area (Å²) < 4.78 is 4.94. The molecule has 0 aromatic heterocycles. The van der Waals surface area contributed by atoms with E-state index in [2.05, 4.69) is 26.1 Å².